The highest BCUT2D eigenvalue weighted by molar-refractivity contribution is 5.92. The van der Waals surface area contributed by atoms with Crippen molar-refractivity contribution in [1.82, 2.24) is 4.98 Å². The summed E-state index contributed by atoms with van der Waals surface area (Å²) < 4.78 is 4.72. The Balaban J connectivity index is 2.25. The van der Waals surface area contributed by atoms with Gasteiger partial charge in [-0.1, -0.05) is 6.07 Å². The van der Waals surface area contributed by atoms with E-state index in [2.05, 4.69) is 4.98 Å². The van der Waals surface area contributed by atoms with Gasteiger partial charge in [0.05, 0.1) is 36.3 Å². The molecule has 0 bridgehead atoms. The molecule has 1 aromatic heterocycles. The molecule has 2 rings (SSSR count). The van der Waals surface area contributed by atoms with Crippen molar-refractivity contribution in [3.8, 4) is 0 Å². The molecule has 0 aliphatic rings. The zero-order valence-electron chi connectivity index (χ0n) is 11.5. The van der Waals surface area contributed by atoms with Crippen LogP contribution in [0, 0.1) is 0 Å². The third-order valence-corrected chi connectivity index (χ3v) is 2.99. The number of rotatable bonds is 4. The Morgan fingerprint density at radius 3 is 2.80 bits per heavy atom. The molecule has 0 spiro atoms. The number of methoxy groups -OCH3 is 1. The fourth-order valence-corrected chi connectivity index (χ4v) is 1.94. The molecule has 2 N–H and O–H groups in total. The van der Waals surface area contributed by atoms with E-state index in [1.165, 1.54) is 7.11 Å². The van der Waals surface area contributed by atoms with Crippen molar-refractivity contribution in [3.63, 3.8) is 0 Å². The number of hydrogen-bond donors (Lipinski definition) is 1. The molecule has 1 aromatic carbocycles. The lowest BCUT2D eigenvalue weighted by Gasteiger charge is -2.21. The average molecular weight is 271 g/mol. The van der Waals surface area contributed by atoms with E-state index in [4.69, 9.17) is 10.5 Å². The van der Waals surface area contributed by atoms with Crippen molar-refractivity contribution in [3.05, 3.63) is 53.9 Å². The topological polar surface area (TPSA) is 68.5 Å². The Morgan fingerprint density at radius 1 is 1.35 bits per heavy atom. The predicted molar refractivity (Wildman–Crippen MR) is 78.5 cm³/mol. The number of nitrogens with two attached hydrogens (primary N) is 1. The zero-order chi connectivity index (χ0) is 14.5. The van der Waals surface area contributed by atoms with Gasteiger partial charge in [0.2, 0.25) is 0 Å². The van der Waals surface area contributed by atoms with Gasteiger partial charge >= 0.3 is 5.97 Å². The van der Waals surface area contributed by atoms with Crippen LogP contribution in [0.15, 0.2) is 42.6 Å². The second-order valence-electron chi connectivity index (χ2n) is 4.44. The lowest BCUT2D eigenvalue weighted by atomic mass is 10.1. The Labute approximate surface area is 118 Å². The maximum absolute atomic E-state index is 11.6. The number of ether oxygens (including phenoxy) is 1. The summed E-state index contributed by atoms with van der Waals surface area (Å²) in [5, 5.41) is 0. The molecule has 0 aliphatic carbocycles. The van der Waals surface area contributed by atoms with E-state index < -0.39 is 0 Å². The maximum atomic E-state index is 11.6. The van der Waals surface area contributed by atoms with Crippen molar-refractivity contribution in [2.24, 2.45) is 0 Å². The highest BCUT2D eigenvalue weighted by Gasteiger charge is 2.12. The third kappa shape index (κ3) is 3.06. The van der Waals surface area contributed by atoms with Crippen LogP contribution in [-0.4, -0.2) is 25.1 Å². The number of esters is 1. The molecule has 20 heavy (non-hydrogen) atoms. The number of benzene rings is 1. The summed E-state index contributed by atoms with van der Waals surface area (Å²) in [6.07, 6.45) is 1.75. The smallest absolute Gasteiger partial charge is 0.337 e. The maximum Gasteiger partial charge on any atom is 0.337 e. The van der Waals surface area contributed by atoms with Gasteiger partial charge in [-0.3, -0.25) is 4.98 Å². The summed E-state index contributed by atoms with van der Waals surface area (Å²) in [5.41, 5.74) is 8.76. The Bertz CT molecular complexity index is 599. The van der Waals surface area contributed by atoms with Crippen molar-refractivity contribution in [1.29, 1.82) is 0 Å². The molecule has 0 aliphatic heterocycles. The van der Waals surface area contributed by atoms with E-state index >= 15 is 0 Å². The minimum Gasteiger partial charge on any atom is -0.465 e. The SMILES string of the molecule is COC(=O)c1ccc(N)c(N(C)Cc2ccccn2)c1. The molecule has 5 nitrogen and oxygen atoms in total. The molecule has 0 radical (unpaired) electrons. The first-order valence-corrected chi connectivity index (χ1v) is 6.20. The van der Waals surface area contributed by atoms with E-state index in [9.17, 15) is 4.79 Å². The van der Waals surface area contributed by atoms with E-state index in [0.29, 0.717) is 17.8 Å². The highest BCUT2D eigenvalue weighted by atomic mass is 16.5. The van der Waals surface area contributed by atoms with Crippen LogP contribution < -0.4 is 10.6 Å². The van der Waals surface area contributed by atoms with Crippen LogP contribution in [0.3, 0.4) is 0 Å². The summed E-state index contributed by atoms with van der Waals surface area (Å²) in [6, 6.07) is 10.8. The molecule has 0 saturated carbocycles. The largest absolute Gasteiger partial charge is 0.465 e. The Morgan fingerprint density at radius 2 is 2.15 bits per heavy atom. The first-order chi connectivity index (χ1) is 9.61. The fraction of sp³-hybridized carbons (Fsp3) is 0.200. The van der Waals surface area contributed by atoms with E-state index in [0.717, 1.165) is 11.4 Å². The quantitative estimate of drug-likeness (QED) is 0.681. The zero-order valence-corrected chi connectivity index (χ0v) is 11.5. The second-order valence-corrected chi connectivity index (χ2v) is 4.44. The highest BCUT2D eigenvalue weighted by Crippen LogP contribution is 2.25. The normalized spacial score (nSPS) is 10.1. The van der Waals surface area contributed by atoms with Gasteiger partial charge in [0.25, 0.3) is 0 Å². The monoisotopic (exact) mass is 271 g/mol. The second kappa shape index (κ2) is 6.06. The predicted octanol–water partition coefficient (Wildman–Crippen LogP) is 2.09. The van der Waals surface area contributed by atoms with Gasteiger partial charge in [-0.2, -0.15) is 0 Å². The van der Waals surface area contributed by atoms with Gasteiger partial charge in [0.1, 0.15) is 0 Å². The average Bonchev–Trinajstić information content (AvgIpc) is 2.48. The lowest BCUT2D eigenvalue weighted by Crippen LogP contribution is -2.19. The van der Waals surface area contributed by atoms with Gasteiger partial charge in [-0.25, -0.2) is 4.79 Å². The summed E-state index contributed by atoms with van der Waals surface area (Å²) in [4.78, 5) is 17.8. The number of nitrogen functional groups attached to an aromatic ring is 1. The summed E-state index contributed by atoms with van der Waals surface area (Å²) in [7, 11) is 3.26. The molecule has 1 heterocycles. The molecular weight excluding hydrogens is 254 g/mol. The number of aromatic nitrogens is 1. The van der Waals surface area contributed by atoms with Gasteiger partial charge in [-0.05, 0) is 30.3 Å². The first kappa shape index (κ1) is 13.9. The van der Waals surface area contributed by atoms with Gasteiger partial charge < -0.3 is 15.4 Å². The Hall–Kier alpha value is -2.56. The summed E-state index contributed by atoms with van der Waals surface area (Å²) in [6.45, 7) is 0.607. The molecule has 0 saturated heterocycles. The van der Waals surface area contributed by atoms with Gasteiger partial charge in [0.15, 0.2) is 0 Å². The lowest BCUT2D eigenvalue weighted by molar-refractivity contribution is 0.0601. The van der Waals surface area contributed by atoms with Crippen LogP contribution in [0.1, 0.15) is 16.1 Å². The minimum atomic E-state index is -0.377. The molecule has 5 heteroatoms. The van der Waals surface area contributed by atoms with Crippen LogP contribution >= 0.6 is 0 Å². The number of nitrogens with zero attached hydrogens (tertiary/aromatic N) is 2. The van der Waals surface area contributed by atoms with Gasteiger partial charge in [-0.15, -0.1) is 0 Å². The van der Waals surface area contributed by atoms with Crippen LogP contribution in [0.2, 0.25) is 0 Å². The van der Waals surface area contributed by atoms with Crippen LogP contribution in [-0.2, 0) is 11.3 Å². The van der Waals surface area contributed by atoms with E-state index in [-0.39, 0.29) is 5.97 Å². The fourth-order valence-electron chi connectivity index (χ4n) is 1.94. The van der Waals surface area contributed by atoms with Gasteiger partial charge in [0, 0.05) is 13.2 Å². The van der Waals surface area contributed by atoms with Crippen molar-refractivity contribution in [2.45, 2.75) is 6.54 Å². The number of anilines is 2. The minimum absolute atomic E-state index is 0.377. The van der Waals surface area contributed by atoms with E-state index in [1.807, 2.05) is 30.1 Å². The van der Waals surface area contributed by atoms with Crippen LogP contribution in [0.5, 0.6) is 0 Å². The number of carbonyl (C=O) groups excluding carboxylic acids is 1. The molecule has 104 valence electrons. The molecule has 0 unspecified atom stereocenters. The molecule has 2 aromatic rings. The van der Waals surface area contributed by atoms with Crippen LogP contribution in [0.25, 0.3) is 0 Å². The number of carbonyl (C=O) groups is 1. The summed E-state index contributed by atoms with van der Waals surface area (Å²) in [5.74, 6) is -0.377. The number of pyridine rings is 1. The molecule has 0 amide bonds. The van der Waals surface area contributed by atoms with Crippen LogP contribution in [0.4, 0.5) is 11.4 Å². The summed E-state index contributed by atoms with van der Waals surface area (Å²) >= 11 is 0. The molecule has 0 fully saturated rings. The van der Waals surface area contributed by atoms with Crippen molar-refractivity contribution in [2.75, 3.05) is 24.8 Å². The molecule has 0 atom stereocenters. The van der Waals surface area contributed by atoms with Crippen molar-refractivity contribution < 1.29 is 9.53 Å². The third-order valence-electron chi connectivity index (χ3n) is 2.99. The molecular formula is C15H17N3O2. The Kier molecular flexibility index (Phi) is 4.20. The first-order valence-electron chi connectivity index (χ1n) is 6.20. The van der Waals surface area contributed by atoms with E-state index in [1.54, 1.807) is 24.4 Å². The standard InChI is InChI=1S/C15H17N3O2/c1-18(10-12-5-3-4-8-17-12)14-9-11(15(19)20-2)6-7-13(14)16/h3-9H,10,16H2,1-2H3. The van der Waals surface area contributed by atoms with Crippen molar-refractivity contribution >= 4 is 17.3 Å². The number of hydrogen-bond acceptors (Lipinski definition) is 5.